The second-order valence-electron chi connectivity index (χ2n) is 6.75. The van der Waals surface area contributed by atoms with Gasteiger partial charge in [0.05, 0.1) is 16.3 Å². The van der Waals surface area contributed by atoms with Crippen LogP contribution < -0.4 is 10.5 Å². The van der Waals surface area contributed by atoms with E-state index >= 15 is 0 Å². The summed E-state index contributed by atoms with van der Waals surface area (Å²) in [7, 11) is 0. The van der Waals surface area contributed by atoms with Crippen molar-refractivity contribution < 1.29 is 23.9 Å². The first kappa shape index (κ1) is 20.8. The minimum absolute atomic E-state index is 0.305. The second kappa shape index (κ2) is 9.51. The van der Waals surface area contributed by atoms with Crippen molar-refractivity contribution in [2.45, 2.75) is 38.8 Å². The van der Waals surface area contributed by atoms with Gasteiger partial charge >= 0.3 is 5.97 Å². The molecule has 2 aromatic rings. The van der Waals surface area contributed by atoms with Crippen LogP contribution in [-0.2, 0) is 20.9 Å². The highest BCUT2D eigenvalue weighted by molar-refractivity contribution is 7.09. The number of ether oxygens (including phenoxy) is 2. The summed E-state index contributed by atoms with van der Waals surface area (Å²) < 4.78 is 10.8. The Hall–Kier alpha value is -2.94. The van der Waals surface area contributed by atoms with Crippen LogP contribution in [0.25, 0.3) is 0 Å². The van der Waals surface area contributed by atoms with Crippen molar-refractivity contribution in [1.29, 1.82) is 0 Å². The third kappa shape index (κ3) is 5.54. The number of aryl methyl sites for hydroxylation is 1. The van der Waals surface area contributed by atoms with Crippen LogP contribution in [0.15, 0.2) is 29.6 Å². The van der Waals surface area contributed by atoms with Crippen LogP contribution in [0.2, 0.25) is 0 Å². The molecule has 9 heteroatoms. The van der Waals surface area contributed by atoms with Gasteiger partial charge < -0.3 is 20.1 Å². The second-order valence-corrected chi connectivity index (χ2v) is 7.81. The Morgan fingerprint density at radius 2 is 2.00 bits per heavy atom. The number of hydrogen-bond donors (Lipinski definition) is 1. The smallest absolute Gasteiger partial charge is 0.338 e. The summed E-state index contributed by atoms with van der Waals surface area (Å²) in [5, 5.41) is 2.91. The number of carbonyl (C=O) groups is 3. The molecule has 1 atom stereocenters. The van der Waals surface area contributed by atoms with Crippen LogP contribution >= 0.6 is 11.3 Å². The topological polar surface area (TPSA) is 112 Å². The van der Waals surface area contributed by atoms with Gasteiger partial charge in [0, 0.05) is 11.9 Å². The van der Waals surface area contributed by atoms with E-state index in [9.17, 15) is 14.4 Å². The molecule has 29 heavy (non-hydrogen) atoms. The van der Waals surface area contributed by atoms with Gasteiger partial charge in [-0.1, -0.05) is 0 Å². The maximum absolute atomic E-state index is 12.3. The average Bonchev–Trinajstić information content (AvgIpc) is 3.15. The zero-order valence-corrected chi connectivity index (χ0v) is 16.9. The molecule has 2 amide bonds. The molecule has 0 aliphatic carbocycles. The number of rotatable bonds is 7. The monoisotopic (exact) mass is 417 g/mol. The highest BCUT2D eigenvalue weighted by Crippen LogP contribution is 2.18. The molecule has 0 unspecified atom stereocenters. The van der Waals surface area contributed by atoms with Gasteiger partial charge in [-0.25, -0.2) is 9.78 Å². The number of nitrogens with two attached hydrogens (primary N) is 1. The molecule has 2 N–H and O–H groups in total. The Morgan fingerprint density at radius 3 is 2.66 bits per heavy atom. The lowest BCUT2D eigenvalue weighted by atomic mass is 10.0. The quantitative estimate of drug-likeness (QED) is 0.690. The minimum Gasteiger partial charge on any atom is -0.487 e. The van der Waals surface area contributed by atoms with Crippen LogP contribution in [0, 0.1) is 6.92 Å². The Morgan fingerprint density at radius 1 is 1.24 bits per heavy atom. The molecule has 1 aliphatic rings. The van der Waals surface area contributed by atoms with Gasteiger partial charge in [-0.15, -0.1) is 11.3 Å². The molecule has 1 aliphatic heterocycles. The molecule has 1 saturated heterocycles. The molecule has 1 aromatic heterocycles. The highest BCUT2D eigenvalue weighted by Gasteiger charge is 2.31. The van der Waals surface area contributed by atoms with Crippen molar-refractivity contribution in [3.05, 3.63) is 45.9 Å². The number of amides is 2. The standard InChI is InChI=1S/C20H23N3O5S/c1-13-22-15(12-29-13)10-27-16-7-5-14(6-8-16)20(26)28-11-18(24)23-9-3-2-4-17(23)19(21)25/h5-8,12,17H,2-4,9-11H2,1H3,(H2,21,25)/t17-/m1/s1. The summed E-state index contributed by atoms with van der Waals surface area (Å²) in [5.74, 6) is -0.971. The number of likely N-dealkylation sites (tertiary alicyclic amines) is 1. The lowest BCUT2D eigenvalue weighted by Gasteiger charge is -2.33. The van der Waals surface area contributed by atoms with Crippen LogP contribution in [0.5, 0.6) is 5.75 Å². The minimum atomic E-state index is -0.632. The van der Waals surface area contributed by atoms with Crippen LogP contribution in [0.4, 0.5) is 0 Å². The number of aromatic nitrogens is 1. The first-order valence-electron chi connectivity index (χ1n) is 9.34. The van der Waals surface area contributed by atoms with E-state index < -0.39 is 30.4 Å². The molecule has 154 valence electrons. The normalized spacial score (nSPS) is 16.3. The largest absolute Gasteiger partial charge is 0.487 e. The van der Waals surface area contributed by atoms with E-state index in [1.165, 1.54) is 4.90 Å². The zero-order valence-electron chi connectivity index (χ0n) is 16.1. The fourth-order valence-corrected chi connectivity index (χ4v) is 3.74. The number of piperidine rings is 1. The molecule has 1 aromatic carbocycles. The van der Waals surface area contributed by atoms with E-state index in [4.69, 9.17) is 15.2 Å². The van der Waals surface area contributed by atoms with Crippen molar-refractivity contribution in [2.24, 2.45) is 5.73 Å². The van der Waals surface area contributed by atoms with Gasteiger partial charge in [-0.05, 0) is 50.5 Å². The Kier molecular flexibility index (Phi) is 6.82. The van der Waals surface area contributed by atoms with Crippen molar-refractivity contribution in [3.63, 3.8) is 0 Å². The first-order valence-corrected chi connectivity index (χ1v) is 10.2. The van der Waals surface area contributed by atoms with Gasteiger partial charge in [0.1, 0.15) is 18.4 Å². The summed E-state index contributed by atoms with van der Waals surface area (Å²) in [6.07, 6.45) is 2.18. The molecule has 8 nitrogen and oxygen atoms in total. The summed E-state index contributed by atoms with van der Waals surface area (Å²) in [6.45, 7) is 2.29. The van der Waals surface area contributed by atoms with Gasteiger partial charge in [-0.3, -0.25) is 9.59 Å². The molecule has 0 radical (unpaired) electrons. The maximum Gasteiger partial charge on any atom is 0.338 e. The fraction of sp³-hybridized carbons (Fsp3) is 0.400. The van der Waals surface area contributed by atoms with E-state index in [0.717, 1.165) is 23.5 Å². The molecule has 0 spiro atoms. The molecule has 2 heterocycles. The predicted molar refractivity (Wildman–Crippen MR) is 106 cm³/mol. The maximum atomic E-state index is 12.3. The third-order valence-electron chi connectivity index (χ3n) is 4.62. The number of nitrogens with zero attached hydrogens (tertiary/aromatic N) is 2. The van der Waals surface area contributed by atoms with E-state index in [2.05, 4.69) is 4.98 Å². The summed E-state index contributed by atoms with van der Waals surface area (Å²) >= 11 is 1.56. The Labute approximate surface area is 172 Å². The number of esters is 1. The number of thiazole rings is 1. The summed E-state index contributed by atoms with van der Waals surface area (Å²) in [6, 6.07) is 5.83. The van der Waals surface area contributed by atoms with Crippen LogP contribution in [-0.4, -0.2) is 46.9 Å². The van der Waals surface area contributed by atoms with Crippen LogP contribution in [0.3, 0.4) is 0 Å². The lowest BCUT2D eigenvalue weighted by molar-refractivity contribution is -0.143. The number of carbonyl (C=O) groups excluding carboxylic acids is 3. The van der Waals surface area contributed by atoms with E-state index in [1.54, 1.807) is 35.6 Å². The molecule has 0 saturated carbocycles. The Balaban J connectivity index is 1.50. The zero-order chi connectivity index (χ0) is 20.8. The molecule has 3 rings (SSSR count). The molecular formula is C20H23N3O5S. The highest BCUT2D eigenvalue weighted by atomic mass is 32.1. The van der Waals surface area contributed by atoms with Gasteiger partial charge in [0.2, 0.25) is 5.91 Å². The number of benzene rings is 1. The SMILES string of the molecule is Cc1nc(COc2ccc(C(=O)OCC(=O)N3CCCC[C@@H]3C(N)=O)cc2)cs1. The van der Waals surface area contributed by atoms with Gasteiger partial charge in [0.15, 0.2) is 6.61 Å². The van der Waals surface area contributed by atoms with Crippen molar-refractivity contribution in [2.75, 3.05) is 13.2 Å². The average molecular weight is 417 g/mol. The molecule has 1 fully saturated rings. The number of hydrogen-bond acceptors (Lipinski definition) is 7. The van der Waals surface area contributed by atoms with Crippen molar-refractivity contribution in [1.82, 2.24) is 9.88 Å². The van der Waals surface area contributed by atoms with E-state index in [0.29, 0.717) is 30.9 Å². The Bertz CT molecular complexity index is 880. The van der Waals surface area contributed by atoms with Gasteiger partial charge in [-0.2, -0.15) is 0 Å². The van der Waals surface area contributed by atoms with Gasteiger partial charge in [0.25, 0.3) is 5.91 Å². The van der Waals surface area contributed by atoms with Crippen molar-refractivity contribution >= 4 is 29.1 Å². The first-order chi connectivity index (χ1) is 13.9. The fourth-order valence-electron chi connectivity index (χ4n) is 3.14. The summed E-state index contributed by atoms with van der Waals surface area (Å²) in [4.78, 5) is 41.8. The van der Waals surface area contributed by atoms with E-state index in [-0.39, 0.29) is 0 Å². The number of primary amides is 1. The molecular weight excluding hydrogens is 394 g/mol. The van der Waals surface area contributed by atoms with E-state index in [1.807, 2.05) is 12.3 Å². The molecule has 0 bridgehead atoms. The third-order valence-corrected chi connectivity index (χ3v) is 5.44. The predicted octanol–water partition coefficient (Wildman–Crippen LogP) is 2.05. The van der Waals surface area contributed by atoms with Crippen LogP contribution in [0.1, 0.15) is 40.3 Å². The summed E-state index contributed by atoms with van der Waals surface area (Å²) in [5.41, 5.74) is 6.52. The lowest BCUT2D eigenvalue weighted by Crippen LogP contribution is -2.51. The van der Waals surface area contributed by atoms with Crippen molar-refractivity contribution in [3.8, 4) is 5.75 Å².